The molecule has 2 heterocycles. The summed E-state index contributed by atoms with van der Waals surface area (Å²) in [6.07, 6.45) is 2.86. The maximum Gasteiger partial charge on any atom is 0.296 e. The fourth-order valence-electron chi connectivity index (χ4n) is 3.00. The molecule has 25 heavy (non-hydrogen) atoms. The van der Waals surface area contributed by atoms with Gasteiger partial charge >= 0.3 is 0 Å². The molecule has 0 bridgehead atoms. The zero-order valence-corrected chi connectivity index (χ0v) is 15.3. The van der Waals surface area contributed by atoms with E-state index in [1.165, 1.54) is 5.56 Å². The van der Waals surface area contributed by atoms with Crippen LogP contribution in [0.5, 0.6) is 0 Å². The summed E-state index contributed by atoms with van der Waals surface area (Å²) in [5.41, 5.74) is 4.75. The molecule has 0 saturated carbocycles. The van der Waals surface area contributed by atoms with Crippen LogP contribution in [0.3, 0.4) is 0 Å². The lowest BCUT2D eigenvalue weighted by Crippen LogP contribution is -2.33. The lowest BCUT2D eigenvalue weighted by Gasteiger charge is -2.25. The normalized spacial score (nSPS) is 12.1. The van der Waals surface area contributed by atoms with E-state index >= 15 is 0 Å². The predicted octanol–water partition coefficient (Wildman–Crippen LogP) is 4.86. The molecule has 0 amide bonds. The van der Waals surface area contributed by atoms with Crippen LogP contribution in [0.15, 0.2) is 52.0 Å². The van der Waals surface area contributed by atoms with Gasteiger partial charge in [-0.2, -0.15) is 4.98 Å². The molecule has 5 nitrogen and oxygen atoms in total. The Hall–Kier alpha value is -2.47. The number of rotatable bonds is 5. The maximum absolute atomic E-state index is 5.79. The van der Waals surface area contributed by atoms with Crippen LogP contribution in [-0.2, 0) is 6.42 Å². The third kappa shape index (κ3) is 3.35. The van der Waals surface area contributed by atoms with Crippen LogP contribution in [0.2, 0.25) is 0 Å². The minimum atomic E-state index is -0.201. The van der Waals surface area contributed by atoms with Crippen LogP contribution in [0.1, 0.15) is 19.4 Å². The van der Waals surface area contributed by atoms with E-state index in [9.17, 15) is 0 Å². The van der Waals surface area contributed by atoms with E-state index in [2.05, 4.69) is 52.3 Å². The van der Waals surface area contributed by atoms with Gasteiger partial charge in [-0.15, -0.1) is 0 Å². The fourth-order valence-corrected chi connectivity index (χ4v) is 3.41. The Morgan fingerprint density at radius 2 is 1.96 bits per heavy atom. The smallest absolute Gasteiger partial charge is 0.296 e. The second-order valence-electron chi connectivity index (χ2n) is 6.77. The van der Waals surface area contributed by atoms with Crippen molar-refractivity contribution in [1.29, 1.82) is 0 Å². The largest absolute Gasteiger partial charge is 0.424 e. The molecule has 2 N–H and O–H groups in total. The number of hydrogen-bond acceptors (Lipinski definition) is 5. The standard InChI is InChI=1S/C19H20N4OS/c1-19(2,23-17-20-14-6-4-5-7-16(14)24-17)11-12-8-9-13-15(10-12)22-18(21-13)25-3/h4-10H,11H2,1-3H3,(H,20,23)(H,21,22). The Morgan fingerprint density at radius 3 is 2.76 bits per heavy atom. The molecule has 128 valence electrons. The van der Waals surface area contributed by atoms with Gasteiger partial charge in [-0.1, -0.05) is 30.0 Å². The molecule has 0 aliphatic carbocycles. The number of H-pyrrole nitrogens is 1. The molecule has 6 heteroatoms. The van der Waals surface area contributed by atoms with E-state index in [1.54, 1.807) is 11.8 Å². The Labute approximate surface area is 150 Å². The summed E-state index contributed by atoms with van der Waals surface area (Å²) < 4.78 is 5.79. The van der Waals surface area contributed by atoms with Gasteiger partial charge in [-0.3, -0.25) is 0 Å². The Bertz CT molecular complexity index is 1000. The monoisotopic (exact) mass is 352 g/mol. The molecule has 0 saturated heterocycles. The molecular formula is C19H20N4OS. The van der Waals surface area contributed by atoms with Gasteiger partial charge in [0.15, 0.2) is 10.7 Å². The molecule has 0 atom stereocenters. The molecule has 4 aromatic rings. The van der Waals surface area contributed by atoms with Crippen molar-refractivity contribution in [1.82, 2.24) is 15.0 Å². The second-order valence-corrected chi connectivity index (χ2v) is 7.56. The number of aromatic amines is 1. The van der Waals surface area contributed by atoms with Crippen molar-refractivity contribution in [3.05, 3.63) is 48.0 Å². The topological polar surface area (TPSA) is 66.7 Å². The molecular weight excluding hydrogens is 332 g/mol. The van der Waals surface area contributed by atoms with E-state index in [1.807, 2.05) is 30.5 Å². The summed E-state index contributed by atoms with van der Waals surface area (Å²) in [4.78, 5) is 12.4. The number of hydrogen-bond donors (Lipinski definition) is 2. The number of anilines is 1. The van der Waals surface area contributed by atoms with Crippen molar-refractivity contribution in [2.24, 2.45) is 0 Å². The van der Waals surface area contributed by atoms with Crippen LogP contribution >= 0.6 is 11.8 Å². The first-order valence-corrected chi connectivity index (χ1v) is 9.41. The molecule has 2 aromatic carbocycles. The number of thioether (sulfide) groups is 1. The first-order chi connectivity index (χ1) is 12.0. The fraction of sp³-hybridized carbons (Fsp3) is 0.263. The van der Waals surface area contributed by atoms with Gasteiger partial charge in [0.25, 0.3) is 6.01 Å². The number of benzene rings is 2. The SMILES string of the molecule is CSc1nc2cc(CC(C)(C)Nc3nc4ccccc4o3)ccc2[nH]1. The molecule has 4 rings (SSSR count). The zero-order valence-electron chi connectivity index (χ0n) is 14.5. The zero-order chi connectivity index (χ0) is 17.4. The minimum absolute atomic E-state index is 0.201. The van der Waals surface area contributed by atoms with Gasteiger partial charge in [0.1, 0.15) is 5.52 Å². The first-order valence-electron chi connectivity index (χ1n) is 8.19. The lowest BCUT2D eigenvalue weighted by atomic mass is 9.95. The van der Waals surface area contributed by atoms with Crippen molar-refractivity contribution < 1.29 is 4.42 Å². The predicted molar refractivity (Wildman–Crippen MR) is 103 cm³/mol. The minimum Gasteiger partial charge on any atom is -0.424 e. The number of fused-ring (bicyclic) bond motifs is 2. The maximum atomic E-state index is 5.79. The number of aromatic nitrogens is 3. The third-order valence-corrected chi connectivity index (χ3v) is 4.68. The van der Waals surface area contributed by atoms with Crippen LogP contribution < -0.4 is 5.32 Å². The molecule has 0 aliphatic heterocycles. The van der Waals surface area contributed by atoms with Gasteiger partial charge in [-0.05, 0) is 56.4 Å². The lowest BCUT2D eigenvalue weighted by molar-refractivity contribution is 0.519. The highest BCUT2D eigenvalue weighted by Crippen LogP contribution is 2.25. The van der Waals surface area contributed by atoms with Crippen molar-refractivity contribution in [2.75, 3.05) is 11.6 Å². The van der Waals surface area contributed by atoms with Crippen LogP contribution in [0.4, 0.5) is 6.01 Å². The number of nitrogens with zero attached hydrogens (tertiary/aromatic N) is 2. The van der Waals surface area contributed by atoms with Crippen molar-refractivity contribution >= 4 is 39.9 Å². The van der Waals surface area contributed by atoms with Gasteiger partial charge in [0.05, 0.1) is 11.0 Å². The van der Waals surface area contributed by atoms with Crippen LogP contribution in [0, 0.1) is 0 Å². The summed E-state index contributed by atoms with van der Waals surface area (Å²) in [7, 11) is 0. The van der Waals surface area contributed by atoms with Crippen LogP contribution in [0.25, 0.3) is 22.1 Å². The molecule has 2 aromatic heterocycles. The molecule has 0 radical (unpaired) electrons. The first kappa shape index (κ1) is 16.0. The van der Waals surface area contributed by atoms with Crippen molar-refractivity contribution in [2.45, 2.75) is 31.0 Å². The van der Waals surface area contributed by atoms with Gasteiger partial charge in [0, 0.05) is 5.54 Å². The average molecular weight is 352 g/mol. The Morgan fingerprint density at radius 1 is 1.12 bits per heavy atom. The van der Waals surface area contributed by atoms with E-state index in [0.29, 0.717) is 6.01 Å². The number of oxazole rings is 1. The van der Waals surface area contributed by atoms with Gasteiger partial charge < -0.3 is 14.7 Å². The third-order valence-electron chi connectivity index (χ3n) is 4.10. The van der Waals surface area contributed by atoms with Crippen molar-refractivity contribution in [3.8, 4) is 0 Å². The van der Waals surface area contributed by atoms with Crippen molar-refractivity contribution in [3.63, 3.8) is 0 Å². The highest BCUT2D eigenvalue weighted by atomic mass is 32.2. The van der Waals surface area contributed by atoms with E-state index in [4.69, 9.17) is 4.42 Å². The number of para-hydroxylation sites is 2. The highest BCUT2D eigenvalue weighted by Gasteiger charge is 2.21. The summed E-state index contributed by atoms with van der Waals surface area (Å²) in [5.74, 6) is 0. The highest BCUT2D eigenvalue weighted by molar-refractivity contribution is 7.98. The van der Waals surface area contributed by atoms with E-state index in [-0.39, 0.29) is 5.54 Å². The quantitative estimate of drug-likeness (QED) is 0.502. The Balaban J connectivity index is 1.55. The molecule has 0 spiro atoms. The van der Waals surface area contributed by atoms with Gasteiger partial charge in [-0.25, -0.2) is 4.98 Å². The summed E-state index contributed by atoms with van der Waals surface area (Å²) in [5, 5.41) is 4.35. The molecule has 0 aliphatic rings. The van der Waals surface area contributed by atoms with Crippen LogP contribution in [-0.4, -0.2) is 26.7 Å². The Kier molecular flexibility index (Phi) is 3.92. The average Bonchev–Trinajstić information content (AvgIpc) is 3.15. The molecule has 0 unspecified atom stereocenters. The number of nitrogens with one attached hydrogen (secondary N) is 2. The van der Waals surface area contributed by atoms with E-state index < -0.39 is 0 Å². The van der Waals surface area contributed by atoms with E-state index in [0.717, 1.165) is 33.7 Å². The summed E-state index contributed by atoms with van der Waals surface area (Å²) in [6.45, 7) is 4.29. The summed E-state index contributed by atoms with van der Waals surface area (Å²) in [6, 6.07) is 14.7. The second kappa shape index (κ2) is 6.11. The number of imidazole rings is 1. The summed E-state index contributed by atoms with van der Waals surface area (Å²) >= 11 is 1.62. The molecule has 0 fully saturated rings. The van der Waals surface area contributed by atoms with Gasteiger partial charge in [0.2, 0.25) is 0 Å².